The number of rotatable bonds is 7. The van der Waals surface area contributed by atoms with Crippen LogP contribution in [0.15, 0.2) is 0 Å². The molecule has 0 aromatic heterocycles. The maximum atomic E-state index is 11.8. The maximum absolute atomic E-state index is 11.8. The number of carbonyl (C=O) groups is 1. The van der Waals surface area contributed by atoms with Crippen molar-refractivity contribution in [3.05, 3.63) is 22.3 Å². The van der Waals surface area contributed by atoms with Crippen molar-refractivity contribution < 1.29 is 47.7 Å². The first-order chi connectivity index (χ1) is 11.5. The summed E-state index contributed by atoms with van der Waals surface area (Å²) in [7, 11) is -7.87. The highest BCUT2D eigenvalue weighted by Crippen LogP contribution is 2.55. The van der Waals surface area contributed by atoms with Crippen molar-refractivity contribution in [1.82, 2.24) is 0 Å². The number of benzene rings is 1. The SMILES string of the molecule is COc1c(C)c2c(c(O)c1CCOP(=O)(O)CP(=O)(O)O)C(=O)OC2. The molecule has 10 nitrogen and oxygen atoms in total. The highest BCUT2D eigenvalue weighted by atomic mass is 31.2. The van der Waals surface area contributed by atoms with E-state index < -0.39 is 33.7 Å². The van der Waals surface area contributed by atoms with E-state index in [2.05, 4.69) is 4.52 Å². The molecule has 12 heteroatoms. The molecule has 0 radical (unpaired) electrons. The minimum absolute atomic E-state index is 0.00876. The zero-order chi connectivity index (χ0) is 19.0. The zero-order valence-corrected chi connectivity index (χ0v) is 15.3. The van der Waals surface area contributed by atoms with Gasteiger partial charge in [0.2, 0.25) is 0 Å². The Labute approximate surface area is 143 Å². The Balaban J connectivity index is 2.25. The maximum Gasteiger partial charge on any atom is 0.342 e. The summed E-state index contributed by atoms with van der Waals surface area (Å²) >= 11 is 0. The van der Waals surface area contributed by atoms with Gasteiger partial charge in [-0.15, -0.1) is 0 Å². The lowest BCUT2D eigenvalue weighted by Gasteiger charge is -2.17. The fourth-order valence-corrected chi connectivity index (χ4v) is 5.20. The van der Waals surface area contributed by atoms with Crippen LogP contribution in [0.3, 0.4) is 0 Å². The monoisotopic (exact) mass is 396 g/mol. The third-order valence-electron chi connectivity index (χ3n) is 3.66. The van der Waals surface area contributed by atoms with Crippen LogP contribution in [-0.4, -0.2) is 45.4 Å². The molecule has 0 amide bonds. The molecule has 2 rings (SSSR count). The predicted octanol–water partition coefficient (Wildman–Crippen LogP) is 1.26. The van der Waals surface area contributed by atoms with Crippen molar-refractivity contribution in [2.75, 3.05) is 19.6 Å². The van der Waals surface area contributed by atoms with Crippen LogP contribution in [0.25, 0.3) is 0 Å². The number of phenolic OH excluding ortho intramolecular Hbond substituents is 1. The van der Waals surface area contributed by atoms with Crippen LogP contribution < -0.4 is 4.74 Å². The largest absolute Gasteiger partial charge is 0.507 e. The molecular weight excluding hydrogens is 378 g/mol. The average molecular weight is 396 g/mol. The predicted molar refractivity (Wildman–Crippen MR) is 84.9 cm³/mol. The fourth-order valence-electron chi connectivity index (χ4n) is 2.63. The summed E-state index contributed by atoms with van der Waals surface area (Å²) in [5, 5.41) is 10.3. The number of phenols is 1. The van der Waals surface area contributed by atoms with E-state index in [4.69, 9.17) is 19.3 Å². The molecule has 4 N–H and O–H groups in total. The van der Waals surface area contributed by atoms with Gasteiger partial charge >= 0.3 is 21.2 Å². The van der Waals surface area contributed by atoms with Gasteiger partial charge in [-0.2, -0.15) is 0 Å². The molecule has 0 bridgehead atoms. The minimum Gasteiger partial charge on any atom is -0.507 e. The van der Waals surface area contributed by atoms with Gasteiger partial charge < -0.3 is 33.8 Å². The summed E-state index contributed by atoms with van der Waals surface area (Å²) in [4.78, 5) is 38.7. The molecule has 1 aromatic carbocycles. The van der Waals surface area contributed by atoms with Crippen molar-refractivity contribution >= 4 is 21.2 Å². The second kappa shape index (κ2) is 7.07. The van der Waals surface area contributed by atoms with E-state index >= 15 is 0 Å². The number of cyclic esters (lactones) is 1. The first kappa shape index (κ1) is 19.9. The van der Waals surface area contributed by atoms with Crippen molar-refractivity contribution in [2.24, 2.45) is 0 Å². The Bertz CT molecular complexity index is 797. The van der Waals surface area contributed by atoms with Gasteiger partial charge in [0, 0.05) is 17.5 Å². The Morgan fingerprint density at radius 3 is 2.44 bits per heavy atom. The second-order valence-corrected chi connectivity index (χ2v) is 9.44. The van der Waals surface area contributed by atoms with Crippen LogP contribution >= 0.6 is 15.2 Å². The summed E-state index contributed by atoms with van der Waals surface area (Å²) in [6.45, 7) is 1.26. The van der Waals surface area contributed by atoms with Crippen molar-refractivity contribution in [3.63, 3.8) is 0 Å². The zero-order valence-electron chi connectivity index (χ0n) is 13.5. The second-order valence-electron chi connectivity index (χ2n) is 5.44. The van der Waals surface area contributed by atoms with Gasteiger partial charge in [-0.3, -0.25) is 9.13 Å². The van der Waals surface area contributed by atoms with Gasteiger partial charge in [0.1, 0.15) is 23.7 Å². The molecule has 1 heterocycles. The molecule has 1 atom stereocenters. The normalized spacial score (nSPS) is 16.3. The van der Waals surface area contributed by atoms with Crippen LogP contribution in [0.1, 0.15) is 27.0 Å². The molecule has 0 aliphatic carbocycles. The van der Waals surface area contributed by atoms with Gasteiger partial charge in [-0.25, -0.2) is 4.79 Å². The number of methoxy groups -OCH3 is 1. The lowest BCUT2D eigenvalue weighted by Crippen LogP contribution is -2.06. The highest BCUT2D eigenvalue weighted by molar-refractivity contribution is 7.70. The topological polar surface area (TPSA) is 160 Å². The molecule has 0 spiro atoms. The van der Waals surface area contributed by atoms with Crippen molar-refractivity contribution in [1.29, 1.82) is 0 Å². The van der Waals surface area contributed by atoms with E-state index in [9.17, 15) is 23.9 Å². The number of ether oxygens (including phenoxy) is 2. The molecule has 0 fully saturated rings. The van der Waals surface area contributed by atoms with Crippen LogP contribution in [0.4, 0.5) is 0 Å². The summed E-state index contributed by atoms with van der Waals surface area (Å²) in [5.41, 5.74) is 1.27. The number of aromatic hydroxyl groups is 1. The number of esters is 1. The average Bonchev–Trinajstić information content (AvgIpc) is 2.84. The minimum atomic E-state index is -4.72. The van der Waals surface area contributed by atoms with E-state index in [0.29, 0.717) is 11.1 Å². The van der Waals surface area contributed by atoms with Crippen molar-refractivity contribution in [3.8, 4) is 11.5 Å². The van der Waals surface area contributed by atoms with Crippen LogP contribution in [0, 0.1) is 6.92 Å². The molecule has 0 saturated carbocycles. The number of fused-ring (bicyclic) bond motifs is 1. The molecule has 1 aliphatic heterocycles. The lowest BCUT2D eigenvalue weighted by molar-refractivity contribution is 0.0532. The van der Waals surface area contributed by atoms with Gasteiger partial charge in [0.15, 0.2) is 5.90 Å². The summed E-state index contributed by atoms with van der Waals surface area (Å²) < 4.78 is 37.3. The first-order valence-corrected chi connectivity index (χ1v) is 10.6. The highest BCUT2D eigenvalue weighted by Gasteiger charge is 2.33. The quantitative estimate of drug-likeness (QED) is 0.390. The van der Waals surface area contributed by atoms with Crippen LogP contribution in [0.2, 0.25) is 0 Å². The van der Waals surface area contributed by atoms with E-state index in [1.54, 1.807) is 6.92 Å². The number of hydrogen-bond donors (Lipinski definition) is 4. The standard InChI is InChI=1S/C13H18O10P2/c1-7-9-5-22-13(15)10(9)11(14)8(12(7)21-2)3-4-23-25(19,20)6-24(16,17)18/h14H,3-6H2,1-2H3,(H,19,20)(H2,16,17,18). The molecule has 0 saturated heterocycles. The number of carbonyl (C=O) groups excluding carboxylic acids is 1. The third-order valence-corrected chi connectivity index (χ3v) is 7.15. The van der Waals surface area contributed by atoms with E-state index in [1.807, 2.05) is 0 Å². The Kier molecular flexibility index (Phi) is 5.63. The van der Waals surface area contributed by atoms with E-state index in [1.165, 1.54) is 7.11 Å². The van der Waals surface area contributed by atoms with E-state index in [0.717, 1.165) is 0 Å². The van der Waals surface area contributed by atoms with Gasteiger partial charge in [-0.1, -0.05) is 0 Å². The van der Waals surface area contributed by atoms with Gasteiger partial charge in [0.25, 0.3) is 0 Å². The summed E-state index contributed by atoms with van der Waals surface area (Å²) in [6, 6.07) is 0. The van der Waals surface area contributed by atoms with Crippen LogP contribution in [-0.2, 0) is 31.4 Å². The molecular formula is C13H18O10P2. The summed E-state index contributed by atoms with van der Waals surface area (Å²) in [6.07, 6.45) is -0.123. The molecule has 1 unspecified atom stereocenters. The molecule has 1 aromatic rings. The fraction of sp³-hybridized carbons (Fsp3) is 0.462. The summed E-state index contributed by atoms with van der Waals surface area (Å²) in [5.74, 6) is -2.08. The van der Waals surface area contributed by atoms with Crippen molar-refractivity contribution in [2.45, 2.75) is 20.0 Å². The number of hydrogen-bond acceptors (Lipinski definition) is 7. The first-order valence-electron chi connectivity index (χ1n) is 7.06. The Morgan fingerprint density at radius 2 is 1.88 bits per heavy atom. The van der Waals surface area contributed by atoms with Gasteiger partial charge in [-0.05, 0) is 12.5 Å². The molecule has 140 valence electrons. The van der Waals surface area contributed by atoms with E-state index in [-0.39, 0.29) is 35.7 Å². The smallest absolute Gasteiger partial charge is 0.342 e. The lowest BCUT2D eigenvalue weighted by atomic mass is 9.95. The molecule has 25 heavy (non-hydrogen) atoms. The Hall–Kier alpha value is -1.41. The van der Waals surface area contributed by atoms with Crippen LogP contribution in [0.5, 0.6) is 11.5 Å². The third kappa shape index (κ3) is 4.41. The molecule has 1 aliphatic rings. The van der Waals surface area contributed by atoms with Gasteiger partial charge in [0.05, 0.1) is 13.7 Å². The Morgan fingerprint density at radius 1 is 1.24 bits per heavy atom.